The van der Waals surface area contributed by atoms with Crippen LogP contribution in [0.4, 0.5) is 13.2 Å². The number of nitrogens with one attached hydrogen (secondary N) is 1. The maximum Gasteiger partial charge on any atom is 0.573 e. The molecule has 5 rings (SSSR count). The Kier molecular flexibility index (Phi) is 5.86. The van der Waals surface area contributed by atoms with Crippen LogP contribution >= 0.6 is 0 Å². The lowest BCUT2D eigenvalue weighted by molar-refractivity contribution is -0.274. The quantitative estimate of drug-likeness (QED) is 0.439. The van der Waals surface area contributed by atoms with E-state index in [1.54, 1.807) is 30.7 Å². The van der Waals surface area contributed by atoms with Crippen molar-refractivity contribution < 1.29 is 22.7 Å². The summed E-state index contributed by atoms with van der Waals surface area (Å²) in [7, 11) is 0. The molecule has 1 unspecified atom stereocenters. The molecule has 7 nitrogen and oxygen atoms in total. The summed E-state index contributed by atoms with van der Waals surface area (Å²) in [5.74, 6) is -0.475. The van der Waals surface area contributed by atoms with Crippen LogP contribution in [0.5, 0.6) is 5.75 Å². The van der Waals surface area contributed by atoms with Crippen molar-refractivity contribution in [2.75, 3.05) is 0 Å². The average molecular weight is 477 g/mol. The fraction of sp³-hybridized carbons (Fsp3) is 0.160. The fourth-order valence-corrected chi connectivity index (χ4v) is 3.96. The highest BCUT2D eigenvalue weighted by Gasteiger charge is 2.31. The molecule has 3 aromatic heterocycles. The number of fused-ring (bicyclic) bond motifs is 1. The van der Waals surface area contributed by atoms with Crippen molar-refractivity contribution in [2.24, 2.45) is 0 Å². The van der Waals surface area contributed by atoms with Crippen LogP contribution in [0.1, 0.15) is 34.2 Å². The number of ether oxygens (including phenoxy) is 1. The predicted octanol–water partition coefficient (Wildman–Crippen LogP) is 4.92. The van der Waals surface area contributed by atoms with E-state index >= 15 is 0 Å². The van der Waals surface area contributed by atoms with Crippen LogP contribution < -0.4 is 10.1 Å². The van der Waals surface area contributed by atoms with Crippen LogP contribution in [0.2, 0.25) is 0 Å². The minimum absolute atomic E-state index is 0.127. The highest BCUT2D eigenvalue weighted by molar-refractivity contribution is 5.94. The van der Waals surface area contributed by atoms with Crippen molar-refractivity contribution in [1.82, 2.24) is 25.3 Å². The van der Waals surface area contributed by atoms with E-state index in [2.05, 4.69) is 30.0 Å². The number of benzene rings is 1. The van der Waals surface area contributed by atoms with Gasteiger partial charge in [-0.2, -0.15) is 0 Å². The molecule has 3 heterocycles. The maximum atomic E-state index is 13.2. The molecular weight excluding hydrogens is 459 g/mol. The second-order valence-electron chi connectivity index (χ2n) is 7.88. The number of carbonyl (C=O) groups excluding carboxylic acids is 1. The summed E-state index contributed by atoms with van der Waals surface area (Å²) < 4.78 is 41.5. The molecular formula is C25H18F3N5O2. The topological polar surface area (TPSA) is 89.9 Å². The molecule has 0 spiro atoms. The van der Waals surface area contributed by atoms with Crippen molar-refractivity contribution in [3.63, 3.8) is 0 Å². The Bertz CT molecular complexity index is 1360. The molecule has 0 bridgehead atoms. The Morgan fingerprint density at radius 2 is 1.80 bits per heavy atom. The second kappa shape index (κ2) is 9.13. The number of aryl methyl sites for hydroxylation is 1. The summed E-state index contributed by atoms with van der Waals surface area (Å²) >= 11 is 0. The van der Waals surface area contributed by atoms with Gasteiger partial charge in [0.2, 0.25) is 0 Å². The number of pyridine rings is 2. The molecule has 35 heavy (non-hydrogen) atoms. The van der Waals surface area contributed by atoms with Gasteiger partial charge in [-0.1, -0.05) is 6.07 Å². The zero-order valence-electron chi connectivity index (χ0n) is 18.2. The third kappa shape index (κ3) is 5.11. The Morgan fingerprint density at radius 3 is 2.54 bits per heavy atom. The lowest BCUT2D eigenvalue weighted by Gasteiger charge is -2.15. The van der Waals surface area contributed by atoms with E-state index in [1.165, 1.54) is 30.3 Å². The van der Waals surface area contributed by atoms with Crippen molar-refractivity contribution in [3.8, 4) is 28.4 Å². The summed E-state index contributed by atoms with van der Waals surface area (Å²) in [5, 5.41) is 3.01. The first-order valence-electron chi connectivity index (χ1n) is 10.8. The Morgan fingerprint density at radius 1 is 1.00 bits per heavy atom. The van der Waals surface area contributed by atoms with Gasteiger partial charge in [0.15, 0.2) is 5.82 Å². The molecule has 1 aromatic carbocycles. The SMILES string of the molecule is O=C(NC1CCc2ncccc21)c1cc(-c2ccc(OC(F)(F)F)cc2)nc(-c2cccnc2)n1. The number of aromatic nitrogens is 4. The van der Waals surface area contributed by atoms with Crippen LogP contribution in [0.3, 0.4) is 0 Å². The van der Waals surface area contributed by atoms with Crippen LogP contribution in [0.25, 0.3) is 22.6 Å². The van der Waals surface area contributed by atoms with Crippen molar-refractivity contribution in [1.29, 1.82) is 0 Å². The number of halogens is 3. The minimum atomic E-state index is -4.79. The zero-order chi connectivity index (χ0) is 24.4. The van der Waals surface area contributed by atoms with Gasteiger partial charge in [0.05, 0.1) is 11.7 Å². The first-order chi connectivity index (χ1) is 16.9. The largest absolute Gasteiger partial charge is 0.573 e. The van der Waals surface area contributed by atoms with Gasteiger partial charge in [0.25, 0.3) is 5.91 Å². The highest BCUT2D eigenvalue weighted by atomic mass is 19.4. The van der Waals surface area contributed by atoms with E-state index in [0.29, 0.717) is 16.8 Å². The average Bonchev–Trinajstić information content (AvgIpc) is 3.26. The van der Waals surface area contributed by atoms with Gasteiger partial charge in [-0.3, -0.25) is 14.8 Å². The summed E-state index contributed by atoms with van der Waals surface area (Å²) in [4.78, 5) is 30.6. The van der Waals surface area contributed by atoms with Crippen molar-refractivity contribution in [3.05, 3.63) is 90.1 Å². The van der Waals surface area contributed by atoms with E-state index in [-0.39, 0.29) is 23.3 Å². The molecule has 4 aromatic rings. The fourth-order valence-electron chi connectivity index (χ4n) is 3.96. The number of alkyl halides is 3. The maximum absolute atomic E-state index is 13.2. The summed E-state index contributed by atoms with van der Waals surface area (Å²) in [6.07, 6.45) is 1.61. The molecule has 1 N–H and O–H groups in total. The van der Waals surface area contributed by atoms with Crippen LogP contribution in [0.15, 0.2) is 73.2 Å². The van der Waals surface area contributed by atoms with Crippen molar-refractivity contribution in [2.45, 2.75) is 25.2 Å². The summed E-state index contributed by atoms with van der Waals surface area (Å²) in [6.45, 7) is 0. The summed E-state index contributed by atoms with van der Waals surface area (Å²) in [6, 6.07) is 13.8. The van der Waals surface area contributed by atoms with Crippen molar-refractivity contribution >= 4 is 5.91 Å². The molecule has 1 aliphatic rings. The third-order valence-electron chi connectivity index (χ3n) is 5.54. The molecule has 176 valence electrons. The van der Waals surface area contributed by atoms with Gasteiger partial charge in [-0.15, -0.1) is 13.2 Å². The number of rotatable bonds is 5. The van der Waals surface area contributed by atoms with Gasteiger partial charge >= 0.3 is 6.36 Å². The van der Waals surface area contributed by atoms with E-state index < -0.39 is 12.3 Å². The second-order valence-corrected chi connectivity index (χ2v) is 7.88. The van der Waals surface area contributed by atoms with Gasteiger partial charge in [0.1, 0.15) is 11.4 Å². The van der Waals surface area contributed by atoms with Gasteiger partial charge in [-0.25, -0.2) is 9.97 Å². The van der Waals surface area contributed by atoms with E-state index in [0.717, 1.165) is 24.1 Å². The molecule has 1 atom stereocenters. The number of hydrogen-bond donors (Lipinski definition) is 1. The van der Waals surface area contributed by atoms with E-state index in [9.17, 15) is 18.0 Å². The number of hydrogen-bond acceptors (Lipinski definition) is 6. The van der Waals surface area contributed by atoms with Gasteiger partial charge < -0.3 is 10.1 Å². The number of carbonyl (C=O) groups is 1. The predicted molar refractivity (Wildman–Crippen MR) is 120 cm³/mol. The molecule has 0 radical (unpaired) electrons. The van der Waals surface area contributed by atoms with Gasteiger partial charge in [-0.05, 0) is 66.9 Å². The zero-order valence-corrected chi connectivity index (χ0v) is 18.2. The number of nitrogens with zero attached hydrogens (tertiary/aromatic N) is 4. The van der Waals surface area contributed by atoms with Crippen LogP contribution in [0, 0.1) is 0 Å². The minimum Gasteiger partial charge on any atom is -0.406 e. The molecule has 1 amide bonds. The van der Waals surface area contributed by atoms with E-state index in [4.69, 9.17) is 0 Å². The van der Waals surface area contributed by atoms with Crippen LogP contribution in [-0.2, 0) is 6.42 Å². The third-order valence-corrected chi connectivity index (χ3v) is 5.54. The lowest BCUT2D eigenvalue weighted by atomic mass is 10.1. The number of amides is 1. The Balaban J connectivity index is 1.48. The molecule has 0 aliphatic heterocycles. The molecule has 0 saturated carbocycles. The first kappa shape index (κ1) is 22.5. The monoisotopic (exact) mass is 477 g/mol. The Labute approximate surface area is 198 Å². The molecule has 0 saturated heterocycles. The van der Waals surface area contributed by atoms with E-state index in [1.807, 2.05) is 12.1 Å². The van der Waals surface area contributed by atoms with Crippen LogP contribution in [-0.4, -0.2) is 32.2 Å². The standard InChI is InChI=1S/C25H18F3N5O2/c26-25(27,28)35-17-7-5-15(6-8-17)21-13-22(32-23(31-21)16-3-1-11-29-14-16)24(34)33-20-10-9-19-18(20)4-2-12-30-19/h1-8,11-14,20H,9-10H2,(H,33,34). The highest BCUT2D eigenvalue weighted by Crippen LogP contribution is 2.30. The summed E-state index contributed by atoms with van der Waals surface area (Å²) in [5.41, 5.74) is 3.52. The Hall–Kier alpha value is -4.34. The normalized spacial score (nSPS) is 14.9. The lowest BCUT2D eigenvalue weighted by Crippen LogP contribution is -2.28. The smallest absolute Gasteiger partial charge is 0.406 e. The molecule has 1 aliphatic carbocycles. The first-order valence-corrected chi connectivity index (χ1v) is 10.8. The van der Waals surface area contributed by atoms with Gasteiger partial charge in [0, 0.05) is 35.4 Å². The molecule has 0 fully saturated rings. The molecule has 10 heteroatoms.